The molecule has 18 heteroatoms. The maximum absolute atomic E-state index is 14.3. The molecule has 2 amide bonds. The molecule has 1 N–H and O–H groups in total. The highest BCUT2D eigenvalue weighted by atomic mass is 32.5. The Bertz CT molecular complexity index is 1550. The molecule has 3 aliphatic rings. The molecule has 0 bridgehead atoms. The van der Waals surface area contributed by atoms with E-state index in [1.807, 2.05) is 6.19 Å². The number of alkyl halides is 5. The summed E-state index contributed by atoms with van der Waals surface area (Å²) in [6, 6.07) is -2.03. The van der Waals surface area contributed by atoms with Gasteiger partial charge in [0.05, 0.1) is 5.56 Å². The topological polar surface area (TPSA) is 89.3 Å². The molecule has 3 atom stereocenters. The van der Waals surface area contributed by atoms with E-state index >= 15 is 0 Å². The zero-order chi connectivity index (χ0) is 33.3. The standard InChI is InChI=1S/C27H25F10N5O2S/c28-25(29)9-5-17(6-10-25)40-23(43)22(20-14-39-11-7-21(20)27(30,31)32)42(24(44)26-13-16(26)8-12-41(26)15-38)18-1-3-19(4-2-18)45(33,34,35,36)37/h1-4,7,11,14,16-17,22H,5-6,8-10,12-13H2,(H,40,43). The average Bonchev–Trinajstić information content (AvgIpc) is 3.56. The number of fused-ring (bicyclic) bond motifs is 1. The summed E-state index contributed by atoms with van der Waals surface area (Å²) in [5, 5.41) is 12.1. The molecule has 246 valence electrons. The monoisotopic (exact) mass is 673 g/mol. The number of nitrogens with one attached hydrogen (secondary N) is 1. The number of carbonyl (C=O) groups is 2. The van der Waals surface area contributed by atoms with E-state index in [9.17, 15) is 56.2 Å². The Morgan fingerprint density at radius 1 is 1.04 bits per heavy atom. The third kappa shape index (κ3) is 6.23. The van der Waals surface area contributed by atoms with Gasteiger partial charge in [0.2, 0.25) is 11.8 Å². The fourth-order valence-corrected chi connectivity index (χ4v) is 6.84. The lowest BCUT2D eigenvalue weighted by Crippen LogP contribution is -2.54. The lowest BCUT2D eigenvalue weighted by Gasteiger charge is -2.41. The van der Waals surface area contributed by atoms with E-state index in [1.54, 1.807) is 0 Å². The number of nitriles is 1. The smallest absolute Gasteiger partial charge is 0.351 e. The summed E-state index contributed by atoms with van der Waals surface area (Å²) in [5.41, 5.74) is -4.66. The van der Waals surface area contributed by atoms with Crippen LogP contribution in [0.15, 0.2) is 47.6 Å². The molecule has 45 heavy (non-hydrogen) atoms. The minimum atomic E-state index is -10.2. The van der Waals surface area contributed by atoms with Crippen molar-refractivity contribution in [1.29, 1.82) is 5.26 Å². The van der Waals surface area contributed by atoms with Gasteiger partial charge in [0.25, 0.3) is 5.91 Å². The number of likely N-dealkylation sites (tertiary alicyclic amines) is 1. The number of piperidine rings is 1. The predicted molar refractivity (Wildman–Crippen MR) is 140 cm³/mol. The van der Waals surface area contributed by atoms with Crippen molar-refractivity contribution in [2.45, 2.75) is 73.1 Å². The number of hydrogen-bond donors (Lipinski definition) is 1. The van der Waals surface area contributed by atoms with Crippen molar-refractivity contribution in [3.8, 4) is 6.19 Å². The zero-order valence-electron chi connectivity index (χ0n) is 23.0. The minimum absolute atomic E-state index is 0.0324. The van der Waals surface area contributed by atoms with Gasteiger partial charge in [-0.2, -0.15) is 18.4 Å². The quantitative estimate of drug-likeness (QED) is 0.243. The summed E-state index contributed by atoms with van der Waals surface area (Å²) >= 11 is 0. The van der Waals surface area contributed by atoms with Crippen LogP contribution < -0.4 is 10.2 Å². The van der Waals surface area contributed by atoms with Gasteiger partial charge in [-0.25, -0.2) is 8.78 Å². The number of pyridine rings is 1. The van der Waals surface area contributed by atoms with E-state index in [2.05, 4.69) is 10.3 Å². The molecule has 1 aromatic carbocycles. The van der Waals surface area contributed by atoms with Crippen LogP contribution in [0.25, 0.3) is 0 Å². The van der Waals surface area contributed by atoms with Crippen LogP contribution >= 0.6 is 10.2 Å². The number of amides is 2. The Balaban J connectivity index is 1.67. The second kappa shape index (κ2) is 9.87. The minimum Gasteiger partial charge on any atom is -0.351 e. The number of benzene rings is 1. The Hall–Kier alpha value is -3.75. The molecule has 2 aliphatic carbocycles. The molecule has 2 aromatic rings. The van der Waals surface area contributed by atoms with Crippen LogP contribution in [0.5, 0.6) is 0 Å². The Kier molecular flexibility index (Phi) is 7.16. The SMILES string of the molecule is N#CN1CCC2CC21C(=O)N(c1ccc(S(F)(F)(F)(F)F)cc1)C(C(=O)NC1CCC(F)(F)CC1)c1cnccc1C(F)(F)F. The van der Waals surface area contributed by atoms with Crippen molar-refractivity contribution in [3.05, 3.63) is 53.9 Å². The Morgan fingerprint density at radius 2 is 1.67 bits per heavy atom. The summed E-state index contributed by atoms with van der Waals surface area (Å²) in [5.74, 6) is -5.96. The van der Waals surface area contributed by atoms with Crippen molar-refractivity contribution in [1.82, 2.24) is 15.2 Å². The highest BCUT2D eigenvalue weighted by molar-refractivity contribution is 8.45. The first-order chi connectivity index (χ1) is 20.6. The third-order valence-corrected chi connectivity index (χ3v) is 9.71. The molecule has 2 saturated carbocycles. The largest absolute Gasteiger partial charge is 0.416 e. The summed E-state index contributed by atoms with van der Waals surface area (Å²) in [6.45, 7) is 0.0672. The van der Waals surface area contributed by atoms with Crippen LogP contribution in [0.2, 0.25) is 0 Å². The summed E-state index contributed by atoms with van der Waals surface area (Å²) in [7, 11) is -10.2. The van der Waals surface area contributed by atoms with Crippen LogP contribution in [-0.4, -0.2) is 45.7 Å². The van der Waals surface area contributed by atoms with Crippen LogP contribution in [0.1, 0.15) is 55.7 Å². The number of aromatic nitrogens is 1. The average molecular weight is 674 g/mol. The van der Waals surface area contributed by atoms with E-state index in [0.717, 1.165) is 11.1 Å². The van der Waals surface area contributed by atoms with Crippen molar-refractivity contribution < 1.29 is 51.0 Å². The van der Waals surface area contributed by atoms with Gasteiger partial charge in [0.15, 0.2) is 6.19 Å². The first kappa shape index (κ1) is 32.6. The summed E-state index contributed by atoms with van der Waals surface area (Å²) < 4.78 is 138. The van der Waals surface area contributed by atoms with Gasteiger partial charge < -0.3 is 5.32 Å². The van der Waals surface area contributed by atoms with E-state index in [0.29, 0.717) is 35.7 Å². The lowest BCUT2D eigenvalue weighted by molar-refractivity contribution is -0.139. The van der Waals surface area contributed by atoms with Crippen LogP contribution in [-0.2, 0) is 15.8 Å². The maximum atomic E-state index is 14.3. The van der Waals surface area contributed by atoms with Crippen molar-refractivity contribution in [2.75, 3.05) is 11.4 Å². The first-order valence-electron chi connectivity index (χ1n) is 13.6. The van der Waals surface area contributed by atoms with E-state index in [-0.39, 0.29) is 37.9 Å². The molecule has 3 unspecified atom stereocenters. The second-order valence-electron chi connectivity index (χ2n) is 11.5. The molecule has 2 heterocycles. The van der Waals surface area contributed by atoms with Gasteiger partial charge >= 0.3 is 16.4 Å². The van der Waals surface area contributed by atoms with Crippen LogP contribution in [0.4, 0.5) is 47.1 Å². The molecule has 7 nitrogen and oxygen atoms in total. The Morgan fingerprint density at radius 3 is 2.20 bits per heavy atom. The molecule has 0 spiro atoms. The number of hydrogen-bond acceptors (Lipinski definition) is 5. The van der Waals surface area contributed by atoms with Gasteiger partial charge in [-0.1, -0.05) is 19.4 Å². The highest BCUT2D eigenvalue weighted by Gasteiger charge is 2.69. The first-order valence-corrected chi connectivity index (χ1v) is 15.6. The maximum Gasteiger partial charge on any atom is 0.416 e. The number of anilines is 1. The molecule has 0 radical (unpaired) electrons. The van der Waals surface area contributed by atoms with Crippen molar-refractivity contribution in [3.63, 3.8) is 0 Å². The lowest BCUT2D eigenvalue weighted by atomic mass is 9.91. The van der Waals surface area contributed by atoms with Crippen molar-refractivity contribution in [2.24, 2.45) is 5.92 Å². The van der Waals surface area contributed by atoms with E-state index in [1.165, 1.54) is 0 Å². The number of carbonyl (C=O) groups excluding carboxylic acids is 2. The fraction of sp³-hybridized carbons (Fsp3) is 0.481. The predicted octanol–water partition coefficient (Wildman–Crippen LogP) is 7.47. The fourth-order valence-electron chi connectivity index (χ4n) is 6.19. The molecule has 1 saturated heterocycles. The number of halogens is 10. The van der Waals surface area contributed by atoms with E-state index in [4.69, 9.17) is 0 Å². The molecule has 1 aliphatic heterocycles. The highest BCUT2D eigenvalue weighted by Crippen LogP contribution is 3.02. The van der Waals surface area contributed by atoms with Crippen molar-refractivity contribution >= 4 is 27.7 Å². The van der Waals surface area contributed by atoms with Crippen LogP contribution in [0, 0.1) is 17.4 Å². The molecule has 3 fully saturated rings. The van der Waals surface area contributed by atoms with Gasteiger partial charge in [-0.15, -0.1) is 0 Å². The third-order valence-electron chi connectivity index (χ3n) is 8.55. The van der Waals surface area contributed by atoms with E-state index < -0.39 is 92.2 Å². The number of rotatable bonds is 7. The zero-order valence-corrected chi connectivity index (χ0v) is 23.8. The molecular formula is C27H25F10N5O2S. The summed E-state index contributed by atoms with van der Waals surface area (Å²) in [4.78, 5) is 31.1. The van der Waals surface area contributed by atoms with Gasteiger partial charge in [0, 0.05) is 49.1 Å². The van der Waals surface area contributed by atoms with Gasteiger partial charge in [0.1, 0.15) is 16.5 Å². The second-order valence-corrected chi connectivity index (χ2v) is 13.9. The molecular weight excluding hydrogens is 648 g/mol. The normalized spacial score (nSPS) is 25.3. The van der Waals surface area contributed by atoms with Crippen LogP contribution in [0.3, 0.4) is 0 Å². The molecule has 5 rings (SSSR count). The van der Waals surface area contributed by atoms with Gasteiger partial charge in [-0.05, 0) is 61.9 Å². The molecule has 1 aromatic heterocycles. The van der Waals surface area contributed by atoms with Gasteiger partial charge in [-0.3, -0.25) is 24.4 Å². The Labute approximate surface area is 249 Å². The number of nitrogens with zero attached hydrogens (tertiary/aromatic N) is 4. The summed E-state index contributed by atoms with van der Waals surface area (Å²) in [6.07, 6.45) is -3.44.